The molecule has 1 aliphatic rings. The Morgan fingerprint density at radius 2 is 2.41 bits per heavy atom. The van der Waals surface area contributed by atoms with E-state index in [0.717, 1.165) is 13.0 Å². The first-order chi connectivity index (χ1) is 8.16. The average molecular weight is 240 g/mol. The Kier molecular flexibility index (Phi) is 3.97. The van der Waals surface area contributed by atoms with Crippen molar-refractivity contribution in [3.05, 3.63) is 29.6 Å². The minimum Gasteiger partial charge on any atom is -0.493 e. The first-order valence-electron chi connectivity index (χ1n) is 5.85. The highest BCUT2D eigenvalue weighted by Crippen LogP contribution is 2.27. The molecule has 3 nitrogen and oxygen atoms in total. The summed E-state index contributed by atoms with van der Waals surface area (Å²) < 4.78 is 23.9. The molecule has 1 aromatic rings. The van der Waals surface area contributed by atoms with Gasteiger partial charge in [-0.2, -0.15) is 0 Å². The summed E-state index contributed by atoms with van der Waals surface area (Å²) in [6.07, 6.45) is 0.256. The number of hydrogen-bond acceptors (Lipinski definition) is 3. The summed E-state index contributed by atoms with van der Waals surface area (Å²) in [6, 6.07) is 4.21. The second-order valence-corrected chi connectivity index (χ2v) is 4.40. The van der Waals surface area contributed by atoms with Crippen LogP contribution in [0.1, 0.15) is 25.0 Å². The van der Waals surface area contributed by atoms with Gasteiger partial charge in [-0.15, -0.1) is 0 Å². The zero-order chi connectivity index (χ0) is 12.3. The number of halogens is 1. The first-order valence-corrected chi connectivity index (χ1v) is 5.85. The maximum Gasteiger partial charge on any atom is 0.125 e. The van der Waals surface area contributed by atoms with Gasteiger partial charge in [0, 0.05) is 18.1 Å². The third kappa shape index (κ3) is 3.17. The molecule has 0 bridgehead atoms. The molecule has 1 aromatic carbocycles. The predicted molar refractivity (Wildman–Crippen MR) is 61.5 cm³/mol. The van der Waals surface area contributed by atoms with Crippen molar-refractivity contribution < 1.29 is 19.0 Å². The van der Waals surface area contributed by atoms with Gasteiger partial charge in [0.1, 0.15) is 11.6 Å². The number of rotatable bonds is 4. The molecule has 1 heterocycles. The molecule has 0 spiro atoms. The van der Waals surface area contributed by atoms with E-state index in [9.17, 15) is 9.50 Å². The van der Waals surface area contributed by atoms with Crippen LogP contribution in [0.4, 0.5) is 4.39 Å². The van der Waals surface area contributed by atoms with Crippen LogP contribution in [0.15, 0.2) is 18.2 Å². The van der Waals surface area contributed by atoms with Gasteiger partial charge >= 0.3 is 0 Å². The van der Waals surface area contributed by atoms with E-state index in [-0.39, 0.29) is 5.82 Å². The van der Waals surface area contributed by atoms with Crippen molar-refractivity contribution in [3.63, 3.8) is 0 Å². The van der Waals surface area contributed by atoms with E-state index in [1.54, 1.807) is 13.0 Å². The Balaban J connectivity index is 2.03. The van der Waals surface area contributed by atoms with Gasteiger partial charge in [-0.05, 0) is 31.5 Å². The van der Waals surface area contributed by atoms with Crippen LogP contribution in [-0.2, 0) is 4.74 Å². The van der Waals surface area contributed by atoms with E-state index in [4.69, 9.17) is 9.47 Å². The van der Waals surface area contributed by atoms with Gasteiger partial charge in [0.25, 0.3) is 0 Å². The quantitative estimate of drug-likeness (QED) is 0.877. The molecule has 4 heteroatoms. The molecule has 17 heavy (non-hydrogen) atoms. The first kappa shape index (κ1) is 12.3. The second-order valence-electron chi connectivity index (χ2n) is 4.40. The average Bonchev–Trinajstić information content (AvgIpc) is 2.80. The van der Waals surface area contributed by atoms with Gasteiger partial charge in [0.2, 0.25) is 0 Å². The van der Waals surface area contributed by atoms with Crippen molar-refractivity contribution in [1.82, 2.24) is 0 Å². The highest BCUT2D eigenvalue weighted by molar-refractivity contribution is 5.35. The fraction of sp³-hybridized carbons (Fsp3) is 0.538. The number of benzene rings is 1. The predicted octanol–water partition coefficient (Wildman–Crippen LogP) is 2.29. The molecule has 1 aliphatic heterocycles. The molecular formula is C13H17FO3. The highest BCUT2D eigenvalue weighted by Gasteiger charge is 2.18. The Hall–Kier alpha value is -1.13. The molecule has 2 atom stereocenters. The van der Waals surface area contributed by atoms with Crippen LogP contribution in [0.5, 0.6) is 5.75 Å². The maximum atomic E-state index is 13.1. The van der Waals surface area contributed by atoms with Crippen LogP contribution < -0.4 is 4.74 Å². The Labute approximate surface area is 100 Å². The Morgan fingerprint density at radius 1 is 1.59 bits per heavy atom. The molecule has 1 N–H and O–H groups in total. The second kappa shape index (κ2) is 5.47. The molecule has 1 unspecified atom stereocenters. The maximum absolute atomic E-state index is 13.1. The third-order valence-electron chi connectivity index (χ3n) is 2.92. The zero-order valence-electron chi connectivity index (χ0n) is 9.86. The van der Waals surface area contributed by atoms with Gasteiger partial charge in [0.05, 0.1) is 19.3 Å². The molecule has 2 rings (SSSR count). The summed E-state index contributed by atoms with van der Waals surface area (Å²) >= 11 is 0. The number of aliphatic hydroxyl groups is 1. The Morgan fingerprint density at radius 3 is 3.06 bits per heavy atom. The molecule has 0 aliphatic carbocycles. The minimum absolute atomic E-state index is 0.363. The topological polar surface area (TPSA) is 38.7 Å². The van der Waals surface area contributed by atoms with Crippen LogP contribution in [0.2, 0.25) is 0 Å². The summed E-state index contributed by atoms with van der Waals surface area (Å²) in [7, 11) is 0. The summed E-state index contributed by atoms with van der Waals surface area (Å²) in [5, 5.41) is 9.55. The summed E-state index contributed by atoms with van der Waals surface area (Å²) in [6.45, 7) is 3.64. The molecule has 1 fully saturated rings. The smallest absolute Gasteiger partial charge is 0.125 e. The van der Waals surface area contributed by atoms with Gasteiger partial charge in [-0.1, -0.05) is 0 Å². The van der Waals surface area contributed by atoms with Crippen molar-refractivity contribution >= 4 is 0 Å². The molecule has 0 radical (unpaired) electrons. The lowest BCUT2D eigenvalue weighted by Crippen LogP contribution is -2.13. The molecule has 1 saturated heterocycles. The van der Waals surface area contributed by atoms with Crippen LogP contribution in [0.25, 0.3) is 0 Å². The van der Waals surface area contributed by atoms with Crippen LogP contribution >= 0.6 is 0 Å². The van der Waals surface area contributed by atoms with Crippen molar-refractivity contribution in [3.8, 4) is 5.75 Å². The van der Waals surface area contributed by atoms with Gasteiger partial charge < -0.3 is 14.6 Å². The van der Waals surface area contributed by atoms with E-state index in [1.807, 2.05) is 0 Å². The standard InChI is InChI=1S/C13H17FO3/c1-9(15)12-6-11(14)2-3-13(12)17-8-10-4-5-16-7-10/h2-3,6,9-10,15H,4-5,7-8H2,1H3/t9-,10?/m0/s1. The number of ether oxygens (including phenoxy) is 2. The van der Waals surface area contributed by atoms with Crippen molar-refractivity contribution in [1.29, 1.82) is 0 Å². The number of aliphatic hydroxyl groups excluding tert-OH is 1. The fourth-order valence-corrected chi connectivity index (χ4v) is 1.90. The molecule has 0 amide bonds. The van der Waals surface area contributed by atoms with E-state index >= 15 is 0 Å². The van der Waals surface area contributed by atoms with Crippen LogP contribution in [0, 0.1) is 11.7 Å². The van der Waals surface area contributed by atoms with Crippen molar-refractivity contribution in [2.45, 2.75) is 19.4 Å². The SMILES string of the molecule is C[C@H](O)c1cc(F)ccc1OCC1CCOC1. The monoisotopic (exact) mass is 240 g/mol. The highest BCUT2D eigenvalue weighted by atomic mass is 19.1. The molecule has 0 saturated carbocycles. The van der Waals surface area contributed by atoms with Crippen LogP contribution in [0.3, 0.4) is 0 Å². The van der Waals surface area contributed by atoms with E-state index in [2.05, 4.69) is 0 Å². The van der Waals surface area contributed by atoms with Crippen molar-refractivity contribution in [2.75, 3.05) is 19.8 Å². The van der Waals surface area contributed by atoms with Gasteiger partial charge in [-0.3, -0.25) is 0 Å². The lowest BCUT2D eigenvalue weighted by Gasteiger charge is -2.15. The van der Waals surface area contributed by atoms with E-state index in [1.165, 1.54) is 12.1 Å². The lowest BCUT2D eigenvalue weighted by atomic mass is 10.1. The molecular weight excluding hydrogens is 223 g/mol. The van der Waals surface area contributed by atoms with E-state index < -0.39 is 6.10 Å². The molecule has 0 aromatic heterocycles. The van der Waals surface area contributed by atoms with Crippen molar-refractivity contribution in [2.24, 2.45) is 5.92 Å². The largest absolute Gasteiger partial charge is 0.493 e. The summed E-state index contributed by atoms with van der Waals surface area (Å²) in [4.78, 5) is 0. The third-order valence-corrected chi connectivity index (χ3v) is 2.92. The Bertz CT molecular complexity index is 373. The zero-order valence-corrected chi connectivity index (χ0v) is 9.86. The van der Waals surface area contributed by atoms with E-state index in [0.29, 0.717) is 30.4 Å². The molecule has 94 valence electrons. The fourth-order valence-electron chi connectivity index (χ4n) is 1.90. The summed E-state index contributed by atoms with van der Waals surface area (Å²) in [5.74, 6) is 0.577. The summed E-state index contributed by atoms with van der Waals surface area (Å²) in [5.41, 5.74) is 0.490. The normalized spacial score (nSPS) is 21.5. The van der Waals surface area contributed by atoms with Gasteiger partial charge in [0.15, 0.2) is 0 Å². The van der Waals surface area contributed by atoms with Crippen LogP contribution in [-0.4, -0.2) is 24.9 Å². The number of hydrogen-bond donors (Lipinski definition) is 1. The van der Waals surface area contributed by atoms with Gasteiger partial charge in [-0.25, -0.2) is 4.39 Å². The lowest BCUT2D eigenvalue weighted by molar-refractivity contribution is 0.161. The minimum atomic E-state index is -0.736.